The highest BCUT2D eigenvalue weighted by Gasteiger charge is 2.27. The van der Waals surface area contributed by atoms with Crippen LogP contribution in [0.1, 0.15) is 40.7 Å². The standard InChI is InChI=1S/C19H16F4N4O2/c1-9-2-3-15-11(4-9)18(26-29-15)19(28)25-10-6-24-27(7-10)8-12-13(20)5-14(21)17(23)16(12)22/h5-7,9H,2-4,8H2,1H3,(H,25,28). The number of carbonyl (C=O) groups excluding carboxylic acids is 1. The molecule has 29 heavy (non-hydrogen) atoms. The zero-order valence-corrected chi connectivity index (χ0v) is 15.3. The van der Waals surface area contributed by atoms with Crippen molar-refractivity contribution >= 4 is 11.6 Å². The third-order valence-corrected chi connectivity index (χ3v) is 4.92. The van der Waals surface area contributed by atoms with Crippen molar-refractivity contribution in [2.45, 2.75) is 32.7 Å². The zero-order valence-electron chi connectivity index (χ0n) is 15.3. The van der Waals surface area contributed by atoms with Gasteiger partial charge >= 0.3 is 0 Å². The fourth-order valence-corrected chi connectivity index (χ4v) is 3.37. The van der Waals surface area contributed by atoms with Gasteiger partial charge < -0.3 is 9.84 Å². The first-order valence-electron chi connectivity index (χ1n) is 8.96. The molecule has 1 unspecified atom stereocenters. The number of aryl methyl sites for hydroxylation is 1. The summed E-state index contributed by atoms with van der Waals surface area (Å²) in [6, 6.07) is 0.272. The van der Waals surface area contributed by atoms with Crippen molar-refractivity contribution in [3.8, 4) is 0 Å². The van der Waals surface area contributed by atoms with Gasteiger partial charge in [0.2, 0.25) is 0 Å². The summed E-state index contributed by atoms with van der Waals surface area (Å²) in [4.78, 5) is 12.5. The molecule has 0 radical (unpaired) electrons. The van der Waals surface area contributed by atoms with E-state index < -0.39 is 41.3 Å². The van der Waals surface area contributed by atoms with E-state index in [-0.39, 0.29) is 17.4 Å². The smallest absolute Gasteiger partial charge is 0.278 e. The summed E-state index contributed by atoms with van der Waals surface area (Å²) in [5.41, 5.74) is 0.542. The van der Waals surface area contributed by atoms with Crippen molar-refractivity contribution in [2.24, 2.45) is 5.92 Å². The Hall–Kier alpha value is -3.17. The average molecular weight is 408 g/mol. The Morgan fingerprint density at radius 2 is 2.07 bits per heavy atom. The maximum absolute atomic E-state index is 13.8. The Bertz CT molecular complexity index is 1090. The van der Waals surface area contributed by atoms with Crippen LogP contribution in [0.3, 0.4) is 0 Å². The third-order valence-electron chi connectivity index (χ3n) is 4.92. The highest BCUT2D eigenvalue weighted by atomic mass is 19.2. The number of hydrogen-bond donors (Lipinski definition) is 1. The lowest BCUT2D eigenvalue weighted by molar-refractivity contribution is 0.101. The van der Waals surface area contributed by atoms with Crippen LogP contribution in [0.15, 0.2) is 23.0 Å². The second kappa shape index (κ2) is 7.34. The molecule has 0 bridgehead atoms. The summed E-state index contributed by atoms with van der Waals surface area (Å²) in [5.74, 6) is -5.59. The first-order valence-corrected chi connectivity index (χ1v) is 8.96. The van der Waals surface area contributed by atoms with Gasteiger partial charge in [-0.2, -0.15) is 5.10 Å². The molecule has 1 aliphatic carbocycles. The molecule has 0 spiro atoms. The van der Waals surface area contributed by atoms with Gasteiger partial charge in [0, 0.05) is 29.8 Å². The number of rotatable bonds is 4. The van der Waals surface area contributed by atoms with E-state index in [1.54, 1.807) is 0 Å². The first kappa shape index (κ1) is 19.2. The molecule has 1 aliphatic rings. The van der Waals surface area contributed by atoms with Crippen LogP contribution < -0.4 is 5.32 Å². The van der Waals surface area contributed by atoms with Gasteiger partial charge in [-0.1, -0.05) is 12.1 Å². The molecule has 0 saturated heterocycles. The monoisotopic (exact) mass is 408 g/mol. The molecule has 2 heterocycles. The van der Waals surface area contributed by atoms with Gasteiger partial charge in [-0.15, -0.1) is 0 Å². The SMILES string of the molecule is CC1CCc2onc(C(=O)Nc3cnn(Cc4c(F)cc(F)c(F)c4F)c3)c2C1. The van der Waals surface area contributed by atoms with E-state index in [1.165, 1.54) is 12.4 Å². The normalized spacial score (nSPS) is 16.0. The molecule has 6 nitrogen and oxygen atoms in total. The van der Waals surface area contributed by atoms with Gasteiger partial charge in [-0.25, -0.2) is 17.6 Å². The van der Waals surface area contributed by atoms with Crippen molar-refractivity contribution in [3.05, 3.63) is 64.3 Å². The molecular weight excluding hydrogens is 392 g/mol. The number of anilines is 1. The van der Waals surface area contributed by atoms with E-state index in [9.17, 15) is 22.4 Å². The summed E-state index contributed by atoms with van der Waals surface area (Å²) < 4.78 is 60.4. The highest BCUT2D eigenvalue weighted by Crippen LogP contribution is 2.28. The molecule has 1 N–H and O–H groups in total. The van der Waals surface area contributed by atoms with E-state index in [1.807, 2.05) is 0 Å². The van der Waals surface area contributed by atoms with Gasteiger partial charge in [0.1, 0.15) is 11.6 Å². The lowest BCUT2D eigenvalue weighted by Gasteiger charge is -2.16. The van der Waals surface area contributed by atoms with Crippen molar-refractivity contribution < 1.29 is 26.9 Å². The molecule has 2 aromatic heterocycles. The quantitative estimate of drug-likeness (QED) is 0.404. The van der Waals surface area contributed by atoms with Gasteiger partial charge in [0.15, 0.2) is 23.1 Å². The van der Waals surface area contributed by atoms with Crippen molar-refractivity contribution in [1.82, 2.24) is 14.9 Å². The molecule has 0 fully saturated rings. The fourth-order valence-electron chi connectivity index (χ4n) is 3.37. The minimum atomic E-state index is -1.76. The number of fused-ring (bicyclic) bond motifs is 1. The molecule has 3 aromatic rings. The molecule has 4 rings (SSSR count). The number of benzene rings is 1. The molecule has 1 amide bonds. The zero-order chi connectivity index (χ0) is 20.7. The molecular formula is C19H16F4N4O2. The largest absolute Gasteiger partial charge is 0.360 e. The van der Waals surface area contributed by atoms with Crippen LogP contribution in [0.2, 0.25) is 0 Å². The summed E-state index contributed by atoms with van der Waals surface area (Å²) in [5, 5.41) is 10.3. The van der Waals surface area contributed by atoms with Crippen molar-refractivity contribution in [3.63, 3.8) is 0 Å². The topological polar surface area (TPSA) is 73.0 Å². The number of carbonyl (C=O) groups is 1. The fraction of sp³-hybridized carbons (Fsp3) is 0.316. The van der Waals surface area contributed by atoms with Gasteiger partial charge in [-0.05, 0) is 18.8 Å². The lowest BCUT2D eigenvalue weighted by atomic mass is 9.88. The van der Waals surface area contributed by atoms with Crippen LogP contribution in [0.5, 0.6) is 0 Å². The average Bonchev–Trinajstić information content (AvgIpc) is 3.29. The highest BCUT2D eigenvalue weighted by molar-refractivity contribution is 6.03. The predicted octanol–water partition coefficient (Wildman–Crippen LogP) is 3.85. The van der Waals surface area contributed by atoms with E-state index in [2.05, 4.69) is 22.5 Å². The Kier molecular flexibility index (Phi) is 4.85. The van der Waals surface area contributed by atoms with Crippen molar-refractivity contribution in [1.29, 1.82) is 0 Å². The number of nitrogens with zero attached hydrogens (tertiary/aromatic N) is 3. The van der Waals surface area contributed by atoms with E-state index in [4.69, 9.17) is 4.52 Å². The Balaban J connectivity index is 1.50. The van der Waals surface area contributed by atoms with Crippen LogP contribution in [0, 0.1) is 29.2 Å². The molecule has 0 saturated carbocycles. The maximum atomic E-state index is 13.8. The Morgan fingerprint density at radius 3 is 2.86 bits per heavy atom. The van der Waals surface area contributed by atoms with E-state index >= 15 is 0 Å². The van der Waals surface area contributed by atoms with Gasteiger partial charge in [0.05, 0.1) is 18.4 Å². The number of aromatic nitrogens is 3. The number of nitrogens with one attached hydrogen (secondary N) is 1. The predicted molar refractivity (Wildman–Crippen MR) is 93.2 cm³/mol. The number of amides is 1. The first-order chi connectivity index (χ1) is 13.8. The van der Waals surface area contributed by atoms with E-state index in [0.717, 1.165) is 23.1 Å². The lowest BCUT2D eigenvalue weighted by Crippen LogP contribution is -2.17. The summed E-state index contributed by atoms with van der Waals surface area (Å²) in [6.07, 6.45) is 4.96. The van der Waals surface area contributed by atoms with Crippen LogP contribution in [0.25, 0.3) is 0 Å². The minimum absolute atomic E-state index is 0.192. The number of hydrogen-bond acceptors (Lipinski definition) is 4. The molecule has 0 aliphatic heterocycles. The summed E-state index contributed by atoms with van der Waals surface area (Å²) in [6.45, 7) is 1.60. The van der Waals surface area contributed by atoms with Crippen LogP contribution in [-0.4, -0.2) is 20.8 Å². The Morgan fingerprint density at radius 1 is 1.28 bits per heavy atom. The number of halogens is 4. The molecule has 1 aromatic carbocycles. The van der Waals surface area contributed by atoms with Gasteiger partial charge in [0.25, 0.3) is 5.91 Å². The van der Waals surface area contributed by atoms with Crippen molar-refractivity contribution in [2.75, 3.05) is 5.32 Å². The second-order valence-corrected chi connectivity index (χ2v) is 7.11. The maximum Gasteiger partial charge on any atom is 0.278 e. The summed E-state index contributed by atoms with van der Waals surface area (Å²) in [7, 11) is 0. The minimum Gasteiger partial charge on any atom is -0.360 e. The second-order valence-electron chi connectivity index (χ2n) is 7.11. The molecule has 152 valence electrons. The third kappa shape index (κ3) is 3.62. The summed E-state index contributed by atoms with van der Waals surface area (Å²) >= 11 is 0. The van der Waals surface area contributed by atoms with Gasteiger partial charge in [-0.3, -0.25) is 9.48 Å². The van der Waals surface area contributed by atoms with Crippen LogP contribution >= 0.6 is 0 Å². The molecule has 1 atom stereocenters. The Labute approximate surface area is 162 Å². The van der Waals surface area contributed by atoms with Crippen LogP contribution in [0.4, 0.5) is 23.2 Å². The van der Waals surface area contributed by atoms with Crippen LogP contribution in [-0.2, 0) is 19.4 Å². The molecule has 10 heteroatoms. The van der Waals surface area contributed by atoms with E-state index in [0.29, 0.717) is 18.1 Å².